The molecule has 0 aromatic heterocycles. The van der Waals surface area contributed by atoms with Crippen molar-refractivity contribution < 1.29 is 22.4 Å². The minimum Gasteiger partial charge on any atom is -0.352 e. The molecule has 0 aliphatic carbocycles. The second-order valence-electron chi connectivity index (χ2n) is 9.45. The van der Waals surface area contributed by atoms with E-state index in [2.05, 4.69) is 5.32 Å². The number of hydrogen-bond donors (Lipinski definition) is 1. The van der Waals surface area contributed by atoms with Crippen LogP contribution in [0.1, 0.15) is 38.3 Å². The van der Waals surface area contributed by atoms with Crippen molar-refractivity contribution in [1.29, 1.82) is 0 Å². The van der Waals surface area contributed by atoms with Gasteiger partial charge in [0.05, 0.1) is 10.6 Å². The van der Waals surface area contributed by atoms with Crippen molar-refractivity contribution in [2.75, 3.05) is 10.8 Å². The topological polar surface area (TPSA) is 86.8 Å². The Kier molecular flexibility index (Phi) is 10.1. The van der Waals surface area contributed by atoms with Gasteiger partial charge in [-0.2, -0.15) is 0 Å². The second kappa shape index (κ2) is 13.1. The molecule has 208 valence electrons. The number of carbonyl (C=O) groups is 2. The molecule has 0 saturated heterocycles. The minimum absolute atomic E-state index is 0.0193. The number of nitrogens with zero attached hydrogens (tertiary/aromatic N) is 2. The highest BCUT2D eigenvalue weighted by atomic mass is 35.5. The Bertz CT molecular complexity index is 1400. The van der Waals surface area contributed by atoms with E-state index in [1.807, 2.05) is 20.8 Å². The Labute approximate surface area is 234 Å². The molecule has 0 heterocycles. The first-order chi connectivity index (χ1) is 18.4. The molecule has 1 N–H and O–H groups in total. The Morgan fingerprint density at radius 2 is 1.64 bits per heavy atom. The lowest BCUT2D eigenvalue weighted by molar-refractivity contribution is -0.139. The van der Waals surface area contributed by atoms with Gasteiger partial charge in [-0.1, -0.05) is 48.4 Å². The van der Waals surface area contributed by atoms with Crippen molar-refractivity contribution in [3.63, 3.8) is 0 Å². The third-order valence-electron chi connectivity index (χ3n) is 6.41. The molecule has 2 atom stereocenters. The van der Waals surface area contributed by atoms with Gasteiger partial charge in [0, 0.05) is 17.6 Å². The molecule has 0 aliphatic rings. The highest BCUT2D eigenvalue weighted by Gasteiger charge is 2.32. The Balaban J connectivity index is 2.02. The molecule has 2 amide bonds. The van der Waals surface area contributed by atoms with E-state index in [0.717, 1.165) is 22.0 Å². The summed E-state index contributed by atoms with van der Waals surface area (Å²) >= 11 is 6.15. The van der Waals surface area contributed by atoms with Gasteiger partial charge in [0.1, 0.15) is 18.4 Å². The molecule has 10 heteroatoms. The molecular weight excluding hydrogens is 541 g/mol. The van der Waals surface area contributed by atoms with Crippen LogP contribution in [0, 0.1) is 12.7 Å². The minimum atomic E-state index is -4.22. The summed E-state index contributed by atoms with van der Waals surface area (Å²) < 4.78 is 42.1. The highest BCUT2D eigenvalue weighted by molar-refractivity contribution is 7.92. The van der Waals surface area contributed by atoms with Crippen molar-refractivity contribution in [3.8, 4) is 0 Å². The quantitative estimate of drug-likeness (QED) is 0.337. The van der Waals surface area contributed by atoms with Gasteiger partial charge in [0.25, 0.3) is 10.0 Å². The van der Waals surface area contributed by atoms with Crippen LogP contribution in [0.2, 0.25) is 5.02 Å². The van der Waals surface area contributed by atoms with Gasteiger partial charge in [-0.05, 0) is 81.3 Å². The number of nitrogens with one attached hydrogen (secondary N) is 1. The number of carbonyl (C=O) groups excluding carboxylic acids is 2. The standard InChI is InChI=1S/C29H33ClFN3O4S/c1-5-21(3)32-29(36)22(4)33(18-23-7-6-8-24(30)17-23)28(35)19-34(26-13-11-25(31)12-14-26)39(37,38)27-15-9-20(2)10-16-27/h6-17,21-22H,5,18-19H2,1-4H3,(H,32,36)/t21-,22-/m0/s1. The number of rotatable bonds is 11. The Hall–Kier alpha value is -3.43. The monoisotopic (exact) mass is 573 g/mol. The molecule has 3 aromatic carbocycles. The van der Waals surface area contributed by atoms with E-state index < -0.39 is 34.3 Å². The summed E-state index contributed by atoms with van der Waals surface area (Å²) in [5.74, 6) is -1.52. The van der Waals surface area contributed by atoms with E-state index in [-0.39, 0.29) is 29.1 Å². The van der Waals surface area contributed by atoms with E-state index in [1.165, 1.54) is 29.2 Å². The number of aryl methyl sites for hydroxylation is 1. The Morgan fingerprint density at radius 3 is 2.23 bits per heavy atom. The summed E-state index contributed by atoms with van der Waals surface area (Å²) in [4.78, 5) is 28.2. The Morgan fingerprint density at radius 1 is 1.00 bits per heavy atom. The average molecular weight is 574 g/mol. The van der Waals surface area contributed by atoms with Crippen LogP contribution in [0.15, 0.2) is 77.7 Å². The molecule has 0 bridgehead atoms. The predicted molar refractivity (Wildman–Crippen MR) is 151 cm³/mol. The van der Waals surface area contributed by atoms with E-state index in [4.69, 9.17) is 11.6 Å². The van der Waals surface area contributed by atoms with Gasteiger partial charge in [0.2, 0.25) is 11.8 Å². The number of sulfonamides is 1. The highest BCUT2D eigenvalue weighted by Crippen LogP contribution is 2.25. The molecule has 3 rings (SSSR count). The first-order valence-electron chi connectivity index (χ1n) is 12.6. The smallest absolute Gasteiger partial charge is 0.264 e. The van der Waals surface area contributed by atoms with E-state index in [0.29, 0.717) is 17.0 Å². The number of amides is 2. The molecule has 0 radical (unpaired) electrons. The fraction of sp³-hybridized carbons (Fsp3) is 0.310. The van der Waals surface area contributed by atoms with Gasteiger partial charge >= 0.3 is 0 Å². The molecule has 39 heavy (non-hydrogen) atoms. The predicted octanol–water partition coefficient (Wildman–Crippen LogP) is 5.31. The van der Waals surface area contributed by atoms with E-state index in [9.17, 15) is 22.4 Å². The summed E-state index contributed by atoms with van der Waals surface area (Å²) in [6.45, 7) is 6.63. The number of halogens is 2. The van der Waals surface area contributed by atoms with Crippen molar-refractivity contribution >= 4 is 39.1 Å². The molecule has 0 unspecified atom stereocenters. The number of benzene rings is 3. The molecular formula is C29H33ClFN3O4S. The van der Waals surface area contributed by atoms with Gasteiger partial charge in [-0.3, -0.25) is 13.9 Å². The molecule has 7 nitrogen and oxygen atoms in total. The van der Waals surface area contributed by atoms with Gasteiger partial charge in [-0.25, -0.2) is 12.8 Å². The third-order valence-corrected chi connectivity index (χ3v) is 8.44. The fourth-order valence-corrected chi connectivity index (χ4v) is 5.48. The summed E-state index contributed by atoms with van der Waals surface area (Å²) in [6.07, 6.45) is 0.702. The zero-order valence-electron chi connectivity index (χ0n) is 22.4. The molecule has 0 aliphatic heterocycles. The van der Waals surface area contributed by atoms with Crippen LogP contribution >= 0.6 is 11.6 Å². The maximum atomic E-state index is 13.8. The lowest BCUT2D eigenvalue weighted by atomic mass is 10.1. The van der Waals surface area contributed by atoms with Crippen molar-refractivity contribution in [2.24, 2.45) is 0 Å². The summed E-state index contributed by atoms with van der Waals surface area (Å²) in [7, 11) is -4.22. The van der Waals surface area contributed by atoms with Crippen LogP contribution in [-0.2, 0) is 26.2 Å². The van der Waals surface area contributed by atoms with Crippen molar-refractivity contribution in [3.05, 3.63) is 94.8 Å². The van der Waals surface area contributed by atoms with Gasteiger partial charge < -0.3 is 10.2 Å². The van der Waals surface area contributed by atoms with Crippen LogP contribution < -0.4 is 9.62 Å². The average Bonchev–Trinajstić information content (AvgIpc) is 2.90. The zero-order valence-corrected chi connectivity index (χ0v) is 24.0. The third kappa shape index (κ3) is 7.80. The lowest BCUT2D eigenvalue weighted by Gasteiger charge is -2.32. The molecule has 0 saturated carbocycles. The number of hydrogen-bond acceptors (Lipinski definition) is 4. The van der Waals surface area contributed by atoms with Crippen LogP contribution in [0.3, 0.4) is 0 Å². The van der Waals surface area contributed by atoms with Crippen LogP contribution in [0.25, 0.3) is 0 Å². The molecule has 0 spiro atoms. The molecule has 0 fully saturated rings. The fourth-order valence-electron chi connectivity index (χ4n) is 3.85. The van der Waals surface area contributed by atoms with Gasteiger partial charge in [0.15, 0.2) is 0 Å². The maximum Gasteiger partial charge on any atom is 0.264 e. The van der Waals surface area contributed by atoms with Crippen LogP contribution in [-0.4, -0.2) is 43.8 Å². The summed E-state index contributed by atoms with van der Waals surface area (Å²) in [6, 6.07) is 16.9. The zero-order chi connectivity index (χ0) is 28.7. The second-order valence-corrected chi connectivity index (χ2v) is 11.7. The first kappa shape index (κ1) is 30.1. The van der Waals surface area contributed by atoms with E-state index >= 15 is 0 Å². The first-order valence-corrected chi connectivity index (χ1v) is 14.4. The van der Waals surface area contributed by atoms with Crippen molar-refractivity contribution in [1.82, 2.24) is 10.2 Å². The SMILES string of the molecule is CC[C@H](C)NC(=O)[C@H](C)N(Cc1cccc(Cl)c1)C(=O)CN(c1ccc(F)cc1)S(=O)(=O)c1ccc(C)cc1. The van der Waals surface area contributed by atoms with Crippen LogP contribution in [0.5, 0.6) is 0 Å². The van der Waals surface area contributed by atoms with Crippen LogP contribution in [0.4, 0.5) is 10.1 Å². The summed E-state index contributed by atoms with van der Waals surface area (Å²) in [5, 5.41) is 3.35. The molecule has 3 aromatic rings. The maximum absolute atomic E-state index is 13.8. The van der Waals surface area contributed by atoms with Gasteiger partial charge in [-0.15, -0.1) is 0 Å². The van der Waals surface area contributed by atoms with Crippen molar-refractivity contribution in [2.45, 2.75) is 57.6 Å². The lowest BCUT2D eigenvalue weighted by Crippen LogP contribution is -2.52. The van der Waals surface area contributed by atoms with E-state index in [1.54, 1.807) is 43.3 Å². The largest absolute Gasteiger partial charge is 0.352 e. The number of anilines is 1. The normalized spacial score (nSPS) is 12.9. The summed E-state index contributed by atoms with van der Waals surface area (Å²) in [5.41, 5.74) is 1.66.